The van der Waals surface area contributed by atoms with Crippen molar-refractivity contribution in [2.24, 2.45) is 11.7 Å². The first-order valence-electron chi connectivity index (χ1n) is 9.83. The van der Waals surface area contributed by atoms with Crippen LogP contribution < -0.4 is 16.9 Å². The van der Waals surface area contributed by atoms with Gasteiger partial charge in [-0.3, -0.25) is 9.36 Å². The highest BCUT2D eigenvalue weighted by atomic mass is 16.8. The molecule has 4 N–H and O–H groups in total. The molecule has 0 radical (unpaired) electrons. The first kappa shape index (κ1) is 23.4. The number of ether oxygens (including phenoxy) is 4. The molecule has 1 aromatic rings. The van der Waals surface area contributed by atoms with Crippen molar-refractivity contribution in [2.75, 3.05) is 18.7 Å². The quantitative estimate of drug-likeness (QED) is 0.229. The van der Waals surface area contributed by atoms with Gasteiger partial charge in [0, 0.05) is 18.7 Å². The SMILES string of the molecule is CC(C)C(=O)OCC[C@H]1O[C@@H](n2ccc(NOC(=O)[C@H](N)CO)nc2=O)[C@@H]2OC(=O)O[C@@H]21. The summed E-state index contributed by atoms with van der Waals surface area (Å²) >= 11 is 0. The highest BCUT2D eigenvalue weighted by molar-refractivity contribution is 5.76. The van der Waals surface area contributed by atoms with E-state index in [0.29, 0.717) is 0 Å². The highest BCUT2D eigenvalue weighted by Crippen LogP contribution is 2.38. The molecule has 2 fully saturated rings. The van der Waals surface area contributed by atoms with E-state index in [2.05, 4.69) is 15.3 Å². The third-order valence-electron chi connectivity index (χ3n) is 4.73. The van der Waals surface area contributed by atoms with Gasteiger partial charge in [-0.25, -0.2) is 19.9 Å². The fourth-order valence-electron chi connectivity index (χ4n) is 3.04. The van der Waals surface area contributed by atoms with Crippen molar-refractivity contribution in [2.45, 2.75) is 50.8 Å². The van der Waals surface area contributed by atoms with E-state index >= 15 is 0 Å². The van der Waals surface area contributed by atoms with E-state index in [4.69, 9.17) is 29.8 Å². The molecule has 2 saturated heterocycles. The first-order chi connectivity index (χ1) is 15.2. The van der Waals surface area contributed by atoms with Crippen molar-refractivity contribution in [1.29, 1.82) is 0 Å². The van der Waals surface area contributed by atoms with Gasteiger partial charge in [0.15, 0.2) is 24.3 Å². The Hall–Kier alpha value is -3.23. The van der Waals surface area contributed by atoms with Gasteiger partial charge in [-0.05, 0) is 0 Å². The Bertz CT molecular complexity index is 919. The van der Waals surface area contributed by atoms with Crippen LogP contribution in [0.25, 0.3) is 0 Å². The van der Waals surface area contributed by atoms with E-state index in [1.807, 2.05) is 0 Å². The fraction of sp³-hybridized carbons (Fsp3) is 0.611. The molecule has 0 bridgehead atoms. The minimum Gasteiger partial charge on any atom is -0.465 e. The van der Waals surface area contributed by atoms with Gasteiger partial charge in [-0.15, -0.1) is 0 Å². The molecule has 32 heavy (non-hydrogen) atoms. The average Bonchev–Trinajstić information content (AvgIpc) is 3.29. The lowest BCUT2D eigenvalue weighted by molar-refractivity contribution is -0.149. The number of nitrogens with two attached hydrogens (primary N) is 1. The summed E-state index contributed by atoms with van der Waals surface area (Å²) in [5.74, 6) is -1.71. The molecule has 3 rings (SSSR count). The van der Waals surface area contributed by atoms with E-state index in [0.717, 1.165) is 4.57 Å². The lowest BCUT2D eigenvalue weighted by atomic mass is 10.1. The average molecular weight is 456 g/mol. The summed E-state index contributed by atoms with van der Waals surface area (Å²) in [4.78, 5) is 55.6. The second-order valence-corrected chi connectivity index (χ2v) is 7.41. The van der Waals surface area contributed by atoms with Crippen LogP contribution in [-0.4, -0.2) is 70.3 Å². The number of aliphatic hydroxyl groups excluding tert-OH is 1. The summed E-state index contributed by atoms with van der Waals surface area (Å²) in [7, 11) is 0. The second-order valence-electron chi connectivity index (χ2n) is 7.41. The number of rotatable bonds is 9. The fourth-order valence-corrected chi connectivity index (χ4v) is 3.04. The molecule has 5 atom stereocenters. The molecular weight excluding hydrogens is 432 g/mol. The number of hydrogen-bond acceptors (Lipinski definition) is 13. The maximum Gasteiger partial charge on any atom is 0.509 e. The summed E-state index contributed by atoms with van der Waals surface area (Å²) in [6.45, 7) is 2.82. The predicted molar refractivity (Wildman–Crippen MR) is 103 cm³/mol. The van der Waals surface area contributed by atoms with E-state index in [1.165, 1.54) is 12.3 Å². The molecule has 14 heteroatoms. The van der Waals surface area contributed by atoms with Crippen LogP contribution in [-0.2, 0) is 33.4 Å². The molecular formula is C18H24N4O10. The van der Waals surface area contributed by atoms with Gasteiger partial charge in [0.1, 0.15) is 12.1 Å². The van der Waals surface area contributed by atoms with Crippen molar-refractivity contribution in [3.63, 3.8) is 0 Å². The smallest absolute Gasteiger partial charge is 0.465 e. The first-order valence-corrected chi connectivity index (χ1v) is 9.83. The topological polar surface area (TPSA) is 191 Å². The van der Waals surface area contributed by atoms with Crippen molar-refractivity contribution >= 4 is 23.9 Å². The van der Waals surface area contributed by atoms with Crippen molar-refractivity contribution < 1.29 is 43.3 Å². The molecule has 0 spiro atoms. The lowest BCUT2D eigenvalue weighted by Crippen LogP contribution is -2.37. The van der Waals surface area contributed by atoms with Crippen LogP contribution in [0.15, 0.2) is 17.1 Å². The number of anilines is 1. The number of carbonyl (C=O) groups excluding carboxylic acids is 3. The van der Waals surface area contributed by atoms with E-state index in [1.54, 1.807) is 13.8 Å². The van der Waals surface area contributed by atoms with Crippen molar-refractivity contribution in [3.05, 3.63) is 22.7 Å². The zero-order valence-corrected chi connectivity index (χ0v) is 17.3. The van der Waals surface area contributed by atoms with Gasteiger partial charge in [0.05, 0.1) is 19.1 Å². The van der Waals surface area contributed by atoms with Crippen LogP contribution in [0.2, 0.25) is 0 Å². The van der Waals surface area contributed by atoms with Crippen LogP contribution in [0.3, 0.4) is 0 Å². The van der Waals surface area contributed by atoms with E-state index < -0.39 is 55.0 Å². The van der Waals surface area contributed by atoms with Crippen LogP contribution in [0.1, 0.15) is 26.5 Å². The van der Waals surface area contributed by atoms with Gasteiger partial charge >= 0.3 is 23.8 Å². The minimum atomic E-state index is -1.25. The number of nitrogens with zero attached hydrogens (tertiary/aromatic N) is 2. The Morgan fingerprint density at radius 2 is 2.00 bits per heavy atom. The van der Waals surface area contributed by atoms with E-state index in [9.17, 15) is 19.2 Å². The second kappa shape index (κ2) is 9.93. The zero-order chi connectivity index (χ0) is 23.4. The molecule has 0 aliphatic carbocycles. The van der Waals surface area contributed by atoms with Gasteiger partial charge in [0.25, 0.3) is 0 Å². The summed E-state index contributed by atoms with van der Waals surface area (Å²) in [5, 5.41) is 8.82. The molecule has 176 valence electrons. The standard InChI is InChI=1S/C18H24N4O10/c1-8(2)15(24)28-6-4-10-12-13(31-18(27)30-12)14(29-10)22-5-3-11(20-17(22)26)21-32-16(25)9(19)7-23/h3,5,8-10,12-14,23H,4,6-7,19H2,1-2H3,(H,20,21,26)/t9-,10-,12-,13-,14-/m1/s1. The molecule has 2 aliphatic heterocycles. The summed E-state index contributed by atoms with van der Waals surface area (Å²) in [5.41, 5.74) is 6.68. The molecule has 0 amide bonds. The summed E-state index contributed by atoms with van der Waals surface area (Å²) in [6, 6.07) is 0.0628. The van der Waals surface area contributed by atoms with E-state index in [-0.39, 0.29) is 30.7 Å². The Morgan fingerprint density at radius 1 is 1.28 bits per heavy atom. The van der Waals surface area contributed by atoms with Gasteiger partial charge in [-0.1, -0.05) is 13.8 Å². The zero-order valence-electron chi connectivity index (χ0n) is 17.3. The Morgan fingerprint density at radius 3 is 2.66 bits per heavy atom. The molecule has 0 aromatic carbocycles. The third-order valence-corrected chi connectivity index (χ3v) is 4.73. The highest BCUT2D eigenvalue weighted by Gasteiger charge is 2.55. The molecule has 3 heterocycles. The van der Waals surface area contributed by atoms with Crippen molar-refractivity contribution in [3.8, 4) is 0 Å². The Labute approximate surface area is 181 Å². The maximum atomic E-state index is 12.5. The minimum absolute atomic E-state index is 0.0342. The Kier molecular flexibility index (Phi) is 7.27. The lowest BCUT2D eigenvalue weighted by Gasteiger charge is -2.18. The van der Waals surface area contributed by atoms with Crippen LogP contribution in [0.5, 0.6) is 0 Å². The summed E-state index contributed by atoms with van der Waals surface area (Å²) < 4.78 is 22.4. The number of aliphatic hydroxyl groups is 1. The van der Waals surface area contributed by atoms with Crippen LogP contribution in [0.4, 0.5) is 10.6 Å². The molecule has 2 aliphatic rings. The van der Waals surface area contributed by atoms with Crippen LogP contribution in [0, 0.1) is 5.92 Å². The number of carbonyl (C=O) groups is 3. The Balaban J connectivity index is 1.67. The van der Waals surface area contributed by atoms with Crippen LogP contribution >= 0.6 is 0 Å². The summed E-state index contributed by atoms with van der Waals surface area (Å²) in [6.07, 6.45) is -2.80. The largest absolute Gasteiger partial charge is 0.509 e. The number of hydrogen-bond donors (Lipinski definition) is 3. The van der Waals surface area contributed by atoms with Gasteiger partial charge < -0.3 is 34.6 Å². The third kappa shape index (κ3) is 5.15. The van der Waals surface area contributed by atoms with Gasteiger partial charge in [0.2, 0.25) is 0 Å². The predicted octanol–water partition coefficient (Wildman–Crippen LogP) is -1.18. The van der Waals surface area contributed by atoms with Crippen molar-refractivity contribution in [1.82, 2.24) is 9.55 Å². The number of esters is 1. The number of nitrogens with one attached hydrogen (secondary N) is 1. The number of fused-ring (bicyclic) bond motifs is 1. The molecule has 1 aromatic heterocycles. The maximum absolute atomic E-state index is 12.5. The monoisotopic (exact) mass is 456 g/mol. The van der Waals surface area contributed by atoms with Gasteiger partial charge in [-0.2, -0.15) is 4.98 Å². The molecule has 14 nitrogen and oxygen atoms in total. The molecule has 0 saturated carbocycles. The normalized spacial score (nSPS) is 25.0. The molecule has 0 unspecified atom stereocenters. The number of aromatic nitrogens is 2.